The molecule has 18 heavy (non-hydrogen) atoms. The van der Waals surface area contributed by atoms with Crippen LogP contribution in [0.4, 0.5) is 0 Å². The minimum Gasteiger partial charge on any atom is -0.383 e. The van der Waals surface area contributed by atoms with Crippen LogP contribution in [0.2, 0.25) is 0 Å². The van der Waals surface area contributed by atoms with E-state index in [1.165, 1.54) is 5.06 Å². The molecular formula is C14H21NO3. The van der Waals surface area contributed by atoms with Gasteiger partial charge in [-0.3, -0.25) is 0 Å². The Balaban J connectivity index is 2.29. The third-order valence-corrected chi connectivity index (χ3v) is 3.73. The number of benzene rings is 1. The van der Waals surface area contributed by atoms with Crippen LogP contribution in [-0.4, -0.2) is 43.7 Å². The Hall–Kier alpha value is -0.940. The van der Waals surface area contributed by atoms with Gasteiger partial charge in [0, 0.05) is 14.2 Å². The Kier molecular flexibility index (Phi) is 4.35. The first kappa shape index (κ1) is 13.5. The number of nitrogens with zero attached hydrogens (tertiary/aromatic N) is 1. The van der Waals surface area contributed by atoms with Crippen molar-refractivity contribution in [3.8, 4) is 0 Å². The molecule has 100 valence electrons. The van der Waals surface area contributed by atoms with Crippen molar-refractivity contribution in [2.24, 2.45) is 0 Å². The van der Waals surface area contributed by atoms with Gasteiger partial charge in [0.05, 0.1) is 24.8 Å². The summed E-state index contributed by atoms with van der Waals surface area (Å²) >= 11 is 0. The summed E-state index contributed by atoms with van der Waals surface area (Å²) in [6.07, 6.45) is 1.78. The lowest BCUT2D eigenvalue weighted by molar-refractivity contribution is -0.201. The summed E-state index contributed by atoms with van der Waals surface area (Å²) in [6, 6.07) is 10.1. The molecule has 0 unspecified atom stereocenters. The third-order valence-electron chi connectivity index (χ3n) is 3.73. The minimum absolute atomic E-state index is 0.0327. The first-order valence-electron chi connectivity index (χ1n) is 6.26. The van der Waals surface area contributed by atoms with Crippen LogP contribution in [-0.2, 0) is 15.0 Å². The standard InChI is InChI=1S/C14H21NO3/c1-17-10-13-8-9-14(11-18-2,15(13)16)12-6-4-3-5-7-12/h3-7,13,16H,8-11H2,1-2H3/t13-,14+/m1/s1. The summed E-state index contributed by atoms with van der Waals surface area (Å²) in [5, 5.41) is 11.9. The lowest BCUT2D eigenvalue weighted by Crippen LogP contribution is -2.47. The first-order chi connectivity index (χ1) is 8.74. The van der Waals surface area contributed by atoms with Gasteiger partial charge in [0.1, 0.15) is 0 Å². The zero-order valence-electron chi connectivity index (χ0n) is 11.0. The van der Waals surface area contributed by atoms with E-state index in [2.05, 4.69) is 0 Å². The monoisotopic (exact) mass is 251 g/mol. The lowest BCUT2D eigenvalue weighted by atomic mass is 9.89. The van der Waals surface area contributed by atoms with Crippen molar-refractivity contribution < 1.29 is 14.7 Å². The Morgan fingerprint density at radius 1 is 1.28 bits per heavy atom. The van der Waals surface area contributed by atoms with Crippen LogP contribution < -0.4 is 0 Å². The molecule has 0 radical (unpaired) electrons. The Labute approximate surface area is 108 Å². The van der Waals surface area contributed by atoms with Crippen LogP contribution in [0.25, 0.3) is 0 Å². The van der Waals surface area contributed by atoms with E-state index in [0.717, 1.165) is 18.4 Å². The van der Waals surface area contributed by atoms with Crippen molar-refractivity contribution in [2.45, 2.75) is 24.4 Å². The average molecular weight is 251 g/mol. The van der Waals surface area contributed by atoms with Crippen LogP contribution in [0, 0.1) is 0 Å². The predicted octanol–water partition coefficient (Wildman–Crippen LogP) is 2.03. The summed E-state index contributed by atoms with van der Waals surface area (Å²) in [5.41, 5.74) is 0.645. The molecule has 1 fully saturated rings. The highest BCUT2D eigenvalue weighted by Crippen LogP contribution is 2.41. The van der Waals surface area contributed by atoms with Gasteiger partial charge < -0.3 is 14.7 Å². The van der Waals surface area contributed by atoms with Gasteiger partial charge in [-0.25, -0.2) is 0 Å². The number of ether oxygens (including phenoxy) is 2. The van der Waals surface area contributed by atoms with E-state index in [9.17, 15) is 5.21 Å². The molecule has 4 heteroatoms. The number of hydroxylamine groups is 2. The quantitative estimate of drug-likeness (QED) is 0.869. The second-order valence-electron chi connectivity index (χ2n) is 4.82. The SMILES string of the molecule is COC[C@H]1CC[C@](COC)(c2ccccc2)N1O. The van der Waals surface area contributed by atoms with Crippen molar-refractivity contribution in [3.63, 3.8) is 0 Å². The van der Waals surface area contributed by atoms with E-state index in [1.54, 1.807) is 14.2 Å². The molecule has 0 bridgehead atoms. The molecule has 1 heterocycles. The third kappa shape index (κ3) is 2.29. The summed E-state index contributed by atoms with van der Waals surface area (Å²) in [4.78, 5) is 0. The smallest absolute Gasteiger partial charge is 0.0945 e. The molecule has 0 aromatic heterocycles. The second kappa shape index (κ2) is 5.80. The molecule has 0 spiro atoms. The van der Waals surface area contributed by atoms with E-state index in [1.807, 2.05) is 30.3 Å². The Morgan fingerprint density at radius 3 is 2.61 bits per heavy atom. The van der Waals surface area contributed by atoms with Crippen LogP contribution in [0.1, 0.15) is 18.4 Å². The van der Waals surface area contributed by atoms with Gasteiger partial charge in [0.2, 0.25) is 0 Å². The molecule has 1 aromatic carbocycles. The van der Waals surface area contributed by atoms with Crippen molar-refractivity contribution in [1.82, 2.24) is 5.06 Å². The molecule has 0 aliphatic carbocycles. The van der Waals surface area contributed by atoms with Gasteiger partial charge in [-0.1, -0.05) is 30.3 Å². The number of hydrogen-bond acceptors (Lipinski definition) is 4. The van der Waals surface area contributed by atoms with Gasteiger partial charge in [0.25, 0.3) is 0 Å². The highest BCUT2D eigenvalue weighted by atomic mass is 16.5. The zero-order chi connectivity index (χ0) is 13.0. The van der Waals surface area contributed by atoms with Gasteiger partial charge in [0.15, 0.2) is 0 Å². The molecule has 0 amide bonds. The van der Waals surface area contributed by atoms with Crippen molar-refractivity contribution >= 4 is 0 Å². The Morgan fingerprint density at radius 2 is 2.00 bits per heavy atom. The van der Waals surface area contributed by atoms with Crippen LogP contribution in [0.5, 0.6) is 0 Å². The van der Waals surface area contributed by atoms with E-state index in [-0.39, 0.29) is 6.04 Å². The molecule has 1 aliphatic heterocycles. The minimum atomic E-state index is -0.445. The lowest BCUT2D eigenvalue weighted by Gasteiger charge is -2.36. The van der Waals surface area contributed by atoms with E-state index < -0.39 is 5.54 Å². The maximum atomic E-state index is 10.5. The largest absolute Gasteiger partial charge is 0.383 e. The summed E-state index contributed by atoms with van der Waals surface area (Å²) in [7, 11) is 3.33. The number of methoxy groups -OCH3 is 2. The first-order valence-corrected chi connectivity index (χ1v) is 6.26. The Bertz CT molecular complexity index is 371. The fourth-order valence-corrected chi connectivity index (χ4v) is 2.82. The maximum Gasteiger partial charge on any atom is 0.0945 e. The topological polar surface area (TPSA) is 41.9 Å². The summed E-state index contributed by atoms with van der Waals surface area (Å²) in [6.45, 7) is 1.02. The fourth-order valence-electron chi connectivity index (χ4n) is 2.82. The van der Waals surface area contributed by atoms with Gasteiger partial charge in [-0.15, -0.1) is 0 Å². The number of hydrogen-bond donors (Lipinski definition) is 1. The van der Waals surface area contributed by atoms with Crippen molar-refractivity contribution in [2.75, 3.05) is 27.4 Å². The summed E-state index contributed by atoms with van der Waals surface area (Å²) in [5.74, 6) is 0. The molecule has 1 saturated heterocycles. The molecular weight excluding hydrogens is 230 g/mol. The molecule has 2 atom stereocenters. The molecule has 4 nitrogen and oxygen atoms in total. The predicted molar refractivity (Wildman–Crippen MR) is 68.5 cm³/mol. The van der Waals surface area contributed by atoms with Crippen LogP contribution in [0.15, 0.2) is 30.3 Å². The number of rotatable bonds is 5. The fraction of sp³-hybridized carbons (Fsp3) is 0.571. The molecule has 0 saturated carbocycles. The molecule has 1 aromatic rings. The van der Waals surface area contributed by atoms with E-state index >= 15 is 0 Å². The van der Waals surface area contributed by atoms with Crippen molar-refractivity contribution in [1.29, 1.82) is 0 Å². The van der Waals surface area contributed by atoms with Gasteiger partial charge in [-0.05, 0) is 18.4 Å². The highest BCUT2D eigenvalue weighted by molar-refractivity contribution is 5.26. The highest BCUT2D eigenvalue weighted by Gasteiger charge is 2.47. The average Bonchev–Trinajstić information content (AvgIpc) is 2.71. The maximum absolute atomic E-state index is 10.5. The zero-order valence-corrected chi connectivity index (χ0v) is 11.0. The van der Waals surface area contributed by atoms with E-state index in [0.29, 0.717) is 13.2 Å². The van der Waals surface area contributed by atoms with Crippen LogP contribution in [0.3, 0.4) is 0 Å². The second-order valence-corrected chi connectivity index (χ2v) is 4.82. The van der Waals surface area contributed by atoms with Gasteiger partial charge in [-0.2, -0.15) is 5.06 Å². The molecule has 1 N–H and O–H groups in total. The molecule has 1 aliphatic rings. The molecule has 2 rings (SSSR count). The van der Waals surface area contributed by atoms with Crippen molar-refractivity contribution in [3.05, 3.63) is 35.9 Å². The van der Waals surface area contributed by atoms with Gasteiger partial charge >= 0.3 is 0 Å². The van der Waals surface area contributed by atoms with Crippen LogP contribution >= 0.6 is 0 Å². The normalized spacial score (nSPS) is 28.7. The summed E-state index contributed by atoms with van der Waals surface area (Å²) < 4.78 is 10.5. The van der Waals surface area contributed by atoms with E-state index in [4.69, 9.17) is 9.47 Å².